The maximum Gasteiger partial charge on any atom is 0.0894 e. The van der Waals surface area contributed by atoms with Crippen molar-refractivity contribution in [1.29, 1.82) is 0 Å². The number of hydrogen-bond donors (Lipinski definition) is 1. The van der Waals surface area contributed by atoms with Crippen molar-refractivity contribution in [3.8, 4) is 0 Å². The third-order valence-electron chi connectivity index (χ3n) is 3.85. The second-order valence-electron chi connectivity index (χ2n) is 5.08. The van der Waals surface area contributed by atoms with Crippen LogP contribution in [0.5, 0.6) is 0 Å². The SMILES string of the molecule is CCN1CCOC(CN)C1c1cc(C)ccc1C. The van der Waals surface area contributed by atoms with Crippen LogP contribution in [0.15, 0.2) is 18.2 Å². The monoisotopic (exact) mass is 248 g/mol. The molecule has 0 spiro atoms. The lowest BCUT2D eigenvalue weighted by Gasteiger charge is -2.41. The number of hydrogen-bond acceptors (Lipinski definition) is 3. The largest absolute Gasteiger partial charge is 0.374 e. The van der Waals surface area contributed by atoms with Crippen molar-refractivity contribution >= 4 is 0 Å². The van der Waals surface area contributed by atoms with Crippen LogP contribution in [0.4, 0.5) is 0 Å². The molecule has 1 saturated heterocycles. The summed E-state index contributed by atoms with van der Waals surface area (Å²) in [5.41, 5.74) is 9.88. The van der Waals surface area contributed by atoms with Gasteiger partial charge in [0.1, 0.15) is 0 Å². The van der Waals surface area contributed by atoms with E-state index in [1.54, 1.807) is 0 Å². The van der Waals surface area contributed by atoms with Crippen LogP contribution in [-0.4, -0.2) is 37.2 Å². The van der Waals surface area contributed by atoms with Crippen molar-refractivity contribution in [3.05, 3.63) is 34.9 Å². The molecule has 1 aromatic carbocycles. The molecule has 0 aromatic heterocycles. The first-order valence-electron chi connectivity index (χ1n) is 6.80. The minimum Gasteiger partial charge on any atom is -0.374 e. The Morgan fingerprint density at radius 2 is 2.17 bits per heavy atom. The molecular weight excluding hydrogens is 224 g/mol. The number of morpholine rings is 1. The highest BCUT2D eigenvalue weighted by Gasteiger charge is 2.32. The van der Waals surface area contributed by atoms with E-state index in [-0.39, 0.29) is 6.10 Å². The summed E-state index contributed by atoms with van der Waals surface area (Å²) < 4.78 is 5.85. The highest BCUT2D eigenvalue weighted by molar-refractivity contribution is 5.34. The molecule has 1 aliphatic heterocycles. The number of benzene rings is 1. The lowest BCUT2D eigenvalue weighted by atomic mass is 9.93. The van der Waals surface area contributed by atoms with Gasteiger partial charge in [0.15, 0.2) is 0 Å². The second kappa shape index (κ2) is 5.83. The summed E-state index contributed by atoms with van der Waals surface area (Å²) in [5.74, 6) is 0. The fourth-order valence-electron chi connectivity index (χ4n) is 2.81. The number of rotatable bonds is 3. The first-order valence-corrected chi connectivity index (χ1v) is 6.80. The summed E-state index contributed by atoms with van der Waals surface area (Å²) in [6.07, 6.45) is 0.110. The predicted molar refractivity (Wildman–Crippen MR) is 74.7 cm³/mol. The topological polar surface area (TPSA) is 38.5 Å². The van der Waals surface area contributed by atoms with E-state index in [1.807, 2.05) is 0 Å². The Morgan fingerprint density at radius 3 is 2.83 bits per heavy atom. The molecule has 1 fully saturated rings. The smallest absolute Gasteiger partial charge is 0.0894 e. The molecular formula is C15H24N2O. The number of aryl methyl sites for hydroxylation is 2. The van der Waals surface area contributed by atoms with Crippen LogP contribution < -0.4 is 5.73 Å². The first-order chi connectivity index (χ1) is 8.67. The molecule has 1 heterocycles. The van der Waals surface area contributed by atoms with Crippen LogP contribution in [0.2, 0.25) is 0 Å². The summed E-state index contributed by atoms with van der Waals surface area (Å²) in [5, 5.41) is 0. The third kappa shape index (κ3) is 2.58. The highest BCUT2D eigenvalue weighted by atomic mass is 16.5. The minimum atomic E-state index is 0.110. The average Bonchev–Trinajstić information content (AvgIpc) is 2.40. The normalized spacial score (nSPS) is 25.3. The van der Waals surface area contributed by atoms with Gasteiger partial charge in [0.05, 0.1) is 18.8 Å². The van der Waals surface area contributed by atoms with Crippen molar-refractivity contribution in [2.75, 3.05) is 26.2 Å². The van der Waals surface area contributed by atoms with Gasteiger partial charge in [-0.15, -0.1) is 0 Å². The molecule has 100 valence electrons. The molecule has 18 heavy (non-hydrogen) atoms. The van der Waals surface area contributed by atoms with Crippen LogP contribution in [-0.2, 0) is 4.74 Å². The maximum atomic E-state index is 5.88. The molecule has 3 heteroatoms. The summed E-state index contributed by atoms with van der Waals surface area (Å²) in [6, 6.07) is 6.94. The molecule has 2 atom stereocenters. The van der Waals surface area contributed by atoms with Gasteiger partial charge in [0, 0.05) is 13.1 Å². The van der Waals surface area contributed by atoms with Gasteiger partial charge in [-0.05, 0) is 31.5 Å². The standard InChI is InChI=1S/C15H24N2O/c1-4-17-7-8-18-14(10-16)15(17)13-9-11(2)5-6-12(13)3/h5-6,9,14-15H,4,7-8,10,16H2,1-3H3. The van der Waals surface area contributed by atoms with E-state index in [9.17, 15) is 0 Å². The summed E-state index contributed by atoms with van der Waals surface area (Å²) in [6.45, 7) is 9.91. The molecule has 0 aliphatic carbocycles. The Balaban J connectivity index is 2.38. The lowest BCUT2D eigenvalue weighted by molar-refractivity contribution is -0.0660. The number of ether oxygens (including phenoxy) is 1. The fraction of sp³-hybridized carbons (Fsp3) is 0.600. The van der Waals surface area contributed by atoms with Gasteiger partial charge in [0.2, 0.25) is 0 Å². The van der Waals surface area contributed by atoms with Gasteiger partial charge in [-0.2, -0.15) is 0 Å². The summed E-state index contributed by atoms with van der Waals surface area (Å²) >= 11 is 0. The van der Waals surface area contributed by atoms with E-state index in [0.29, 0.717) is 12.6 Å². The Hall–Kier alpha value is -0.900. The van der Waals surface area contributed by atoms with Crippen molar-refractivity contribution < 1.29 is 4.74 Å². The lowest BCUT2D eigenvalue weighted by Crippen LogP contribution is -2.48. The Morgan fingerprint density at radius 1 is 1.39 bits per heavy atom. The molecule has 3 nitrogen and oxygen atoms in total. The molecule has 0 radical (unpaired) electrons. The predicted octanol–water partition coefficient (Wildman–Crippen LogP) is 2.02. The van der Waals surface area contributed by atoms with Crippen LogP contribution in [0.1, 0.15) is 29.7 Å². The van der Waals surface area contributed by atoms with E-state index in [4.69, 9.17) is 10.5 Å². The zero-order valence-electron chi connectivity index (χ0n) is 11.6. The van der Waals surface area contributed by atoms with Crippen LogP contribution in [0.25, 0.3) is 0 Å². The average molecular weight is 248 g/mol. The molecule has 0 saturated carbocycles. The van der Waals surface area contributed by atoms with E-state index in [2.05, 4.69) is 43.9 Å². The zero-order chi connectivity index (χ0) is 13.1. The van der Waals surface area contributed by atoms with Crippen molar-refractivity contribution in [3.63, 3.8) is 0 Å². The molecule has 2 unspecified atom stereocenters. The maximum absolute atomic E-state index is 5.88. The molecule has 2 rings (SSSR count). The number of nitrogens with two attached hydrogens (primary N) is 1. The van der Waals surface area contributed by atoms with Crippen LogP contribution in [0, 0.1) is 13.8 Å². The van der Waals surface area contributed by atoms with E-state index < -0.39 is 0 Å². The second-order valence-corrected chi connectivity index (χ2v) is 5.08. The first kappa shape index (κ1) is 13.5. The summed E-state index contributed by atoms with van der Waals surface area (Å²) in [7, 11) is 0. The third-order valence-corrected chi connectivity index (χ3v) is 3.85. The van der Waals surface area contributed by atoms with Gasteiger partial charge < -0.3 is 10.5 Å². The van der Waals surface area contributed by atoms with Crippen molar-refractivity contribution in [1.82, 2.24) is 4.90 Å². The van der Waals surface area contributed by atoms with Gasteiger partial charge in [0.25, 0.3) is 0 Å². The molecule has 1 aliphatic rings. The van der Waals surface area contributed by atoms with Crippen LogP contribution >= 0.6 is 0 Å². The van der Waals surface area contributed by atoms with Gasteiger partial charge in [-0.1, -0.05) is 30.7 Å². The Labute approximate surface area is 110 Å². The fourth-order valence-corrected chi connectivity index (χ4v) is 2.81. The van der Waals surface area contributed by atoms with Gasteiger partial charge in [-0.3, -0.25) is 4.90 Å². The highest BCUT2D eigenvalue weighted by Crippen LogP contribution is 2.31. The molecule has 2 N–H and O–H groups in total. The quantitative estimate of drug-likeness (QED) is 0.889. The van der Waals surface area contributed by atoms with Crippen molar-refractivity contribution in [2.45, 2.75) is 32.9 Å². The number of likely N-dealkylation sites (N-methyl/N-ethyl adjacent to an activating group) is 1. The number of nitrogens with zero attached hydrogens (tertiary/aromatic N) is 1. The van der Waals surface area contributed by atoms with E-state index in [0.717, 1.165) is 19.7 Å². The molecule has 1 aromatic rings. The van der Waals surface area contributed by atoms with Gasteiger partial charge in [-0.25, -0.2) is 0 Å². The Bertz CT molecular complexity index is 393. The molecule has 0 bridgehead atoms. The van der Waals surface area contributed by atoms with E-state index >= 15 is 0 Å². The summed E-state index contributed by atoms with van der Waals surface area (Å²) in [4.78, 5) is 2.48. The Kier molecular flexibility index (Phi) is 4.38. The van der Waals surface area contributed by atoms with E-state index in [1.165, 1.54) is 16.7 Å². The van der Waals surface area contributed by atoms with Crippen molar-refractivity contribution in [2.24, 2.45) is 5.73 Å². The minimum absolute atomic E-state index is 0.110. The molecule has 0 amide bonds. The van der Waals surface area contributed by atoms with Crippen LogP contribution in [0.3, 0.4) is 0 Å². The van der Waals surface area contributed by atoms with Gasteiger partial charge >= 0.3 is 0 Å². The zero-order valence-corrected chi connectivity index (χ0v) is 11.6.